The molecule has 8 nitrogen and oxygen atoms in total. The summed E-state index contributed by atoms with van der Waals surface area (Å²) in [5, 5.41) is 6.96. The van der Waals surface area contributed by atoms with Crippen LogP contribution in [0.15, 0.2) is 15.5 Å². The Morgan fingerprint density at radius 3 is 2.76 bits per heavy atom. The zero-order chi connectivity index (χ0) is 15.8. The van der Waals surface area contributed by atoms with Gasteiger partial charge in [-0.05, 0) is 15.9 Å². The monoisotopic (exact) mass is 363 g/mol. The molecule has 0 saturated heterocycles. The Balaban J connectivity index is 2.79. The van der Waals surface area contributed by atoms with Gasteiger partial charge < -0.3 is 19.5 Å². The van der Waals surface area contributed by atoms with E-state index in [9.17, 15) is 9.59 Å². The molecule has 1 rings (SSSR count). The molecule has 1 aromatic rings. The molecule has 1 unspecified atom stereocenters. The number of carbonyl (C=O) groups excluding carboxylic acids is 1. The molecule has 0 radical (unpaired) electrons. The van der Waals surface area contributed by atoms with Gasteiger partial charge in [-0.3, -0.25) is 9.59 Å². The van der Waals surface area contributed by atoms with Crippen LogP contribution >= 0.6 is 15.9 Å². The molecule has 21 heavy (non-hydrogen) atoms. The highest BCUT2D eigenvalue weighted by atomic mass is 79.9. The van der Waals surface area contributed by atoms with Crippen LogP contribution in [0, 0.1) is 0 Å². The molecular formula is C12H18BrN3O5. The van der Waals surface area contributed by atoms with Gasteiger partial charge in [-0.25, -0.2) is 4.68 Å². The summed E-state index contributed by atoms with van der Waals surface area (Å²) in [4.78, 5) is 23.2. The molecule has 1 aromatic heterocycles. The van der Waals surface area contributed by atoms with Crippen molar-refractivity contribution < 1.29 is 19.0 Å². The average molecular weight is 364 g/mol. The number of halogens is 1. The van der Waals surface area contributed by atoms with Crippen LogP contribution in [-0.2, 0) is 25.5 Å². The first kappa shape index (κ1) is 17.6. The van der Waals surface area contributed by atoms with E-state index in [1.807, 2.05) is 0 Å². The number of methoxy groups -OCH3 is 3. The number of carbonyl (C=O) groups is 1. The van der Waals surface area contributed by atoms with Crippen molar-refractivity contribution in [1.29, 1.82) is 0 Å². The molecule has 1 N–H and O–H groups in total. The summed E-state index contributed by atoms with van der Waals surface area (Å²) < 4.78 is 16.0. The van der Waals surface area contributed by atoms with Crippen LogP contribution in [0.25, 0.3) is 0 Å². The van der Waals surface area contributed by atoms with Gasteiger partial charge in [-0.15, -0.1) is 0 Å². The molecule has 1 heterocycles. The number of ether oxygens (including phenoxy) is 3. The summed E-state index contributed by atoms with van der Waals surface area (Å²) in [6, 6.07) is 0. The average Bonchev–Trinajstić information content (AvgIpc) is 2.49. The van der Waals surface area contributed by atoms with Crippen molar-refractivity contribution in [3.63, 3.8) is 0 Å². The highest BCUT2D eigenvalue weighted by Crippen LogP contribution is 2.16. The van der Waals surface area contributed by atoms with Crippen LogP contribution in [0.5, 0.6) is 0 Å². The Bertz CT molecular complexity index is 534. The third kappa shape index (κ3) is 5.10. The third-order valence-corrected chi connectivity index (χ3v) is 3.46. The molecule has 0 aromatic carbocycles. The third-order valence-electron chi connectivity index (χ3n) is 2.70. The zero-order valence-corrected chi connectivity index (χ0v) is 13.7. The van der Waals surface area contributed by atoms with Crippen LogP contribution in [0.2, 0.25) is 0 Å². The van der Waals surface area contributed by atoms with E-state index >= 15 is 0 Å². The van der Waals surface area contributed by atoms with Crippen molar-refractivity contribution in [3.05, 3.63) is 21.0 Å². The van der Waals surface area contributed by atoms with Gasteiger partial charge in [-0.1, -0.05) is 0 Å². The Morgan fingerprint density at radius 2 is 2.19 bits per heavy atom. The second-order valence-corrected chi connectivity index (χ2v) is 4.90. The van der Waals surface area contributed by atoms with Crippen molar-refractivity contribution >= 4 is 27.6 Å². The lowest BCUT2D eigenvalue weighted by atomic mass is 10.3. The van der Waals surface area contributed by atoms with Crippen LogP contribution in [-0.4, -0.2) is 56.3 Å². The number of rotatable bonds is 8. The topological polar surface area (TPSA) is 91.7 Å². The molecule has 9 heteroatoms. The fourth-order valence-electron chi connectivity index (χ4n) is 1.51. The second-order valence-electron chi connectivity index (χ2n) is 4.11. The van der Waals surface area contributed by atoms with E-state index in [-0.39, 0.29) is 17.1 Å². The molecule has 0 aliphatic carbocycles. The van der Waals surface area contributed by atoms with Gasteiger partial charge in [0, 0.05) is 20.8 Å². The molecule has 0 spiro atoms. The fraction of sp³-hybridized carbons (Fsp3) is 0.583. The number of anilines is 1. The summed E-state index contributed by atoms with van der Waals surface area (Å²) in [6.45, 7) is 0.637. The maximum atomic E-state index is 12.0. The Morgan fingerprint density at radius 1 is 1.48 bits per heavy atom. The Hall–Kier alpha value is -1.45. The maximum Gasteiger partial charge on any atom is 0.327 e. The molecule has 0 bridgehead atoms. The fourth-order valence-corrected chi connectivity index (χ4v) is 1.95. The Labute approximate surface area is 130 Å². The number of hydrogen-bond acceptors (Lipinski definition) is 7. The summed E-state index contributed by atoms with van der Waals surface area (Å²) >= 11 is 3.19. The van der Waals surface area contributed by atoms with Gasteiger partial charge >= 0.3 is 5.97 Å². The standard InChI is InChI=1S/C12H18BrN3O5/c1-19-7-8(20-2)4-14-9-5-15-16(6-10(17)21-3)12(18)11(9)13/h5,8,14H,4,6-7H2,1-3H3. The van der Waals surface area contributed by atoms with E-state index in [0.29, 0.717) is 18.8 Å². The van der Waals surface area contributed by atoms with Crippen LogP contribution in [0.3, 0.4) is 0 Å². The molecule has 0 saturated carbocycles. The molecule has 0 aliphatic heterocycles. The minimum Gasteiger partial charge on any atom is -0.468 e. The van der Waals surface area contributed by atoms with E-state index < -0.39 is 11.5 Å². The van der Waals surface area contributed by atoms with Gasteiger partial charge in [0.15, 0.2) is 0 Å². The molecule has 1 atom stereocenters. The number of nitrogens with one attached hydrogen (secondary N) is 1. The van der Waals surface area contributed by atoms with Crippen molar-refractivity contribution in [2.24, 2.45) is 0 Å². The number of nitrogens with zero attached hydrogens (tertiary/aromatic N) is 2. The van der Waals surface area contributed by atoms with Crippen LogP contribution in [0.1, 0.15) is 0 Å². The van der Waals surface area contributed by atoms with E-state index in [0.717, 1.165) is 4.68 Å². The lowest BCUT2D eigenvalue weighted by Crippen LogP contribution is -2.30. The first-order valence-corrected chi connectivity index (χ1v) is 6.90. The van der Waals surface area contributed by atoms with Gasteiger partial charge in [0.2, 0.25) is 0 Å². The Kier molecular flexibility index (Phi) is 7.34. The molecule has 0 fully saturated rings. The van der Waals surface area contributed by atoms with Gasteiger partial charge in [0.25, 0.3) is 5.56 Å². The first-order valence-electron chi connectivity index (χ1n) is 6.11. The lowest BCUT2D eigenvalue weighted by Gasteiger charge is -2.16. The highest BCUT2D eigenvalue weighted by molar-refractivity contribution is 9.10. The van der Waals surface area contributed by atoms with Crippen molar-refractivity contribution in [3.8, 4) is 0 Å². The largest absolute Gasteiger partial charge is 0.468 e. The van der Waals surface area contributed by atoms with Gasteiger partial charge in [0.05, 0.1) is 31.7 Å². The molecule has 0 aliphatic rings. The van der Waals surface area contributed by atoms with Crippen LogP contribution < -0.4 is 10.9 Å². The predicted octanol–water partition coefficient (Wildman–Crippen LogP) is 0.252. The van der Waals surface area contributed by atoms with E-state index in [1.54, 1.807) is 14.2 Å². The molecule has 0 amide bonds. The number of esters is 1. The summed E-state index contributed by atoms with van der Waals surface area (Å²) in [7, 11) is 4.41. The minimum atomic E-state index is -0.545. The van der Waals surface area contributed by atoms with Crippen molar-refractivity contribution in [2.75, 3.05) is 39.8 Å². The quantitative estimate of drug-likeness (QED) is 0.662. The van der Waals surface area contributed by atoms with E-state index in [4.69, 9.17) is 9.47 Å². The maximum absolute atomic E-state index is 12.0. The predicted molar refractivity (Wildman–Crippen MR) is 79.4 cm³/mol. The van der Waals surface area contributed by atoms with E-state index in [2.05, 4.69) is 31.1 Å². The zero-order valence-electron chi connectivity index (χ0n) is 12.1. The SMILES string of the molecule is COCC(CNc1cnn(CC(=O)OC)c(=O)c1Br)OC. The number of hydrogen-bond donors (Lipinski definition) is 1. The van der Waals surface area contributed by atoms with Gasteiger partial charge in [0.1, 0.15) is 11.0 Å². The van der Waals surface area contributed by atoms with Gasteiger partial charge in [-0.2, -0.15) is 5.10 Å². The summed E-state index contributed by atoms with van der Waals surface area (Å²) in [5.41, 5.74) is 0.0883. The normalized spacial score (nSPS) is 12.0. The van der Waals surface area contributed by atoms with Crippen LogP contribution in [0.4, 0.5) is 5.69 Å². The van der Waals surface area contributed by atoms with Crippen molar-refractivity contribution in [2.45, 2.75) is 12.6 Å². The minimum absolute atomic E-state index is 0.153. The lowest BCUT2D eigenvalue weighted by molar-refractivity contribution is -0.141. The highest BCUT2D eigenvalue weighted by Gasteiger charge is 2.13. The van der Waals surface area contributed by atoms with E-state index in [1.165, 1.54) is 13.3 Å². The first-order chi connectivity index (χ1) is 10.0. The van der Waals surface area contributed by atoms with Crippen molar-refractivity contribution in [1.82, 2.24) is 9.78 Å². The summed E-state index contributed by atoms with van der Waals surface area (Å²) in [6.07, 6.45) is 1.30. The summed E-state index contributed by atoms with van der Waals surface area (Å²) in [5.74, 6) is -0.545. The second kappa shape index (κ2) is 8.75. The molecular weight excluding hydrogens is 346 g/mol. The smallest absolute Gasteiger partial charge is 0.327 e. The molecule has 118 valence electrons. The number of aromatic nitrogens is 2.